The van der Waals surface area contributed by atoms with Crippen molar-refractivity contribution in [2.45, 2.75) is 6.10 Å². The molecule has 4 heteroatoms. The highest BCUT2D eigenvalue weighted by Crippen LogP contribution is 2.24. The lowest BCUT2D eigenvalue weighted by Gasteiger charge is -2.13. The van der Waals surface area contributed by atoms with Crippen LogP contribution in [0.3, 0.4) is 0 Å². The van der Waals surface area contributed by atoms with Crippen molar-refractivity contribution in [3.05, 3.63) is 42.0 Å². The van der Waals surface area contributed by atoms with E-state index in [1.807, 2.05) is 0 Å². The fraction of sp³-hybridized carbons (Fsp3) is 0.250. The van der Waals surface area contributed by atoms with Gasteiger partial charge in [0.15, 0.2) is 0 Å². The zero-order valence-electron chi connectivity index (χ0n) is 9.27. The average Bonchev–Trinajstić information content (AvgIpc) is 2.36. The van der Waals surface area contributed by atoms with Gasteiger partial charge in [0, 0.05) is 0 Å². The lowest BCUT2D eigenvalue weighted by molar-refractivity contribution is -0.137. The molecule has 1 aromatic rings. The Hall–Kier alpha value is -1.81. The van der Waals surface area contributed by atoms with E-state index in [4.69, 9.17) is 4.74 Å². The van der Waals surface area contributed by atoms with Crippen LogP contribution in [0.2, 0.25) is 0 Å². The molecule has 1 rings (SSSR count). The molecular formula is C12H14O4. The molecule has 0 heterocycles. The lowest BCUT2D eigenvalue weighted by atomic mass is 10.0. The minimum absolute atomic E-state index is 0.00393. The predicted molar refractivity (Wildman–Crippen MR) is 59.1 cm³/mol. The molecule has 1 unspecified atom stereocenters. The third-order valence-electron chi connectivity index (χ3n) is 2.19. The normalized spacial score (nSPS) is 11.7. The van der Waals surface area contributed by atoms with Crippen LogP contribution in [0.1, 0.15) is 11.7 Å². The monoisotopic (exact) mass is 222 g/mol. The van der Waals surface area contributed by atoms with Gasteiger partial charge in [-0.15, -0.1) is 0 Å². The Kier molecular flexibility index (Phi) is 4.08. The summed E-state index contributed by atoms with van der Waals surface area (Å²) in [5.41, 5.74) is 0.533. The molecule has 0 spiro atoms. The summed E-state index contributed by atoms with van der Waals surface area (Å²) in [5.74, 6) is -0.0236. The van der Waals surface area contributed by atoms with Gasteiger partial charge in [0.1, 0.15) is 11.9 Å². The fourth-order valence-electron chi connectivity index (χ4n) is 1.26. The zero-order valence-corrected chi connectivity index (χ0v) is 9.27. The third-order valence-corrected chi connectivity index (χ3v) is 2.19. The molecule has 1 N–H and O–H groups in total. The number of ether oxygens (including phenoxy) is 2. The second-order valence-electron chi connectivity index (χ2n) is 3.20. The molecule has 0 fully saturated rings. The van der Waals surface area contributed by atoms with Crippen LogP contribution in [0, 0.1) is 0 Å². The van der Waals surface area contributed by atoms with Gasteiger partial charge in [0.25, 0.3) is 0 Å². The Labute approximate surface area is 94.1 Å². The van der Waals surface area contributed by atoms with Crippen LogP contribution < -0.4 is 4.74 Å². The van der Waals surface area contributed by atoms with Crippen LogP contribution in [-0.4, -0.2) is 25.3 Å². The molecule has 0 aliphatic carbocycles. The number of carbonyl (C=O) groups is 1. The van der Waals surface area contributed by atoms with Crippen LogP contribution in [-0.2, 0) is 9.53 Å². The number of hydrogen-bond acceptors (Lipinski definition) is 4. The second kappa shape index (κ2) is 5.32. The topological polar surface area (TPSA) is 55.8 Å². The number of hydrogen-bond donors (Lipinski definition) is 1. The summed E-state index contributed by atoms with van der Waals surface area (Å²) in [5, 5.41) is 9.85. The molecule has 0 radical (unpaired) electrons. The van der Waals surface area contributed by atoms with Gasteiger partial charge in [-0.1, -0.05) is 18.7 Å². The van der Waals surface area contributed by atoms with Crippen molar-refractivity contribution in [3.8, 4) is 5.75 Å². The zero-order chi connectivity index (χ0) is 12.1. The van der Waals surface area contributed by atoms with Gasteiger partial charge in [-0.25, -0.2) is 4.79 Å². The van der Waals surface area contributed by atoms with Gasteiger partial charge in [-0.2, -0.15) is 0 Å². The summed E-state index contributed by atoms with van der Waals surface area (Å²) in [4.78, 5) is 11.2. The summed E-state index contributed by atoms with van der Waals surface area (Å²) >= 11 is 0. The first-order chi connectivity index (χ1) is 7.60. The molecular weight excluding hydrogens is 208 g/mol. The number of aliphatic hydroxyl groups is 1. The van der Waals surface area contributed by atoms with Crippen molar-refractivity contribution >= 4 is 5.97 Å². The van der Waals surface area contributed by atoms with Gasteiger partial charge in [-0.3, -0.25) is 0 Å². The smallest absolute Gasteiger partial charge is 0.336 e. The standard InChI is InChI=1S/C12H14O4/c1-8(12(14)16-3)11(13)9-5-4-6-10(7-9)15-2/h4-7,11,13H,1H2,2-3H3. The molecule has 0 saturated carbocycles. The highest BCUT2D eigenvalue weighted by Gasteiger charge is 2.19. The number of esters is 1. The second-order valence-corrected chi connectivity index (χ2v) is 3.20. The van der Waals surface area contributed by atoms with E-state index >= 15 is 0 Å². The summed E-state index contributed by atoms with van der Waals surface area (Å²) in [6.07, 6.45) is -1.08. The first kappa shape index (κ1) is 12.3. The molecule has 86 valence electrons. The largest absolute Gasteiger partial charge is 0.497 e. The van der Waals surface area contributed by atoms with Crippen LogP contribution in [0.5, 0.6) is 5.75 Å². The van der Waals surface area contributed by atoms with Crippen molar-refractivity contribution in [1.82, 2.24) is 0 Å². The van der Waals surface area contributed by atoms with Gasteiger partial charge in [0.05, 0.1) is 19.8 Å². The van der Waals surface area contributed by atoms with Crippen molar-refractivity contribution in [2.24, 2.45) is 0 Å². The van der Waals surface area contributed by atoms with Gasteiger partial charge >= 0.3 is 5.97 Å². The highest BCUT2D eigenvalue weighted by molar-refractivity contribution is 5.88. The molecule has 16 heavy (non-hydrogen) atoms. The van der Waals surface area contributed by atoms with E-state index in [9.17, 15) is 9.90 Å². The van der Waals surface area contributed by atoms with Crippen molar-refractivity contribution < 1.29 is 19.4 Å². The number of aliphatic hydroxyl groups excluding tert-OH is 1. The molecule has 1 atom stereocenters. The minimum atomic E-state index is -1.08. The first-order valence-electron chi connectivity index (χ1n) is 4.69. The van der Waals surface area contributed by atoms with Crippen molar-refractivity contribution in [2.75, 3.05) is 14.2 Å². The molecule has 0 aliphatic heterocycles. The first-order valence-corrected chi connectivity index (χ1v) is 4.69. The van der Waals surface area contributed by atoms with E-state index < -0.39 is 12.1 Å². The average molecular weight is 222 g/mol. The van der Waals surface area contributed by atoms with Gasteiger partial charge in [0.2, 0.25) is 0 Å². The van der Waals surface area contributed by atoms with Crippen LogP contribution in [0.15, 0.2) is 36.4 Å². The molecule has 1 aromatic carbocycles. The number of carbonyl (C=O) groups excluding carboxylic acids is 1. The SMILES string of the molecule is C=C(C(=O)OC)C(O)c1cccc(OC)c1. The van der Waals surface area contributed by atoms with Crippen molar-refractivity contribution in [1.29, 1.82) is 0 Å². The highest BCUT2D eigenvalue weighted by atomic mass is 16.5. The molecule has 0 aromatic heterocycles. The maximum atomic E-state index is 11.2. The maximum absolute atomic E-state index is 11.2. The minimum Gasteiger partial charge on any atom is -0.497 e. The van der Waals surface area contributed by atoms with Gasteiger partial charge < -0.3 is 14.6 Å². The molecule has 4 nitrogen and oxygen atoms in total. The Balaban J connectivity index is 2.91. The van der Waals surface area contributed by atoms with E-state index in [1.54, 1.807) is 24.3 Å². The molecule has 0 aliphatic rings. The fourth-order valence-corrected chi connectivity index (χ4v) is 1.26. The van der Waals surface area contributed by atoms with E-state index in [0.717, 1.165) is 0 Å². The Morgan fingerprint density at radius 1 is 1.44 bits per heavy atom. The summed E-state index contributed by atoms with van der Waals surface area (Å²) in [6, 6.07) is 6.79. The molecule has 0 amide bonds. The third kappa shape index (κ3) is 2.61. The molecule has 0 bridgehead atoms. The Bertz CT molecular complexity index is 398. The van der Waals surface area contributed by atoms with Crippen LogP contribution >= 0.6 is 0 Å². The van der Waals surface area contributed by atoms with E-state index in [1.165, 1.54) is 14.2 Å². The lowest BCUT2D eigenvalue weighted by Crippen LogP contribution is -2.12. The number of methoxy groups -OCH3 is 2. The maximum Gasteiger partial charge on any atom is 0.336 e. The summed E-state index contributed by atoms with van der Waals surface area (Å²) < 4.78 is 9.50. The summed E-state index contributed by atoms with van der Waals surface area (Å²) in [6.45, 7) is 3.49. The quantitative estimate of drug-likeness (QED) is 0.619. The predicted octanol–water partition coefficient (Wildman–Crippen LogP) is 1.46. The Morgan fingerprint density at radius 3 is 2.69 bits per heavy atom. The van der Waals surface area contributed by atoms with E-state index in [0.29, 0.717) is 11.3 Å². The summed E-state index contributed by atoms with van der Waals surface area (Å²) in [7, 11) is 2.77. The van der Waals surface area contributed by atoms with Crippen molar-refractivity contribution in [3.63, 3.8) is 0 Å². The van der Waals surface area contributed by atoms with E-state index in [-0.39, 0.29) is 5.57 Å². The van der Waals surface area contributed by atoms with Crippen LogP contribution in [0.4, 0.5) is 0 Å². The van der Waals surface area contributed by atoms with E-state index in [2.05, 4.69) is 11.3 Å². The molecule has 0 saturated heterocycles. The number of benzene rings is 1. The number of rotatable bonds is 4. The Morgan fingerprint density at radius 2 is 2.12 bits per heavy atom. The van der Waals surface area contributed by atoms with Gasteiger partial charge in [-0.05, 0) is 17.7 Å². The van der Waals surface area contributed by atoms with Crippen LogP contribution in [0.25, 0.3) is 0 Å².